The van der Waals surface area contributed by atoms with Crippen LogP contribution in [0.1, 0.15) is 23.4 Å². The van der Waals surface area contributed by atoms with Crippen molar-refractivity contribution in [1.29, 1.82) is 0 Å². The highest BCUT2D eigenvalue weighted by Gasteiger charge is 2.25. The van der Waals surface area contributed by atoms with Crippen molar-refractivity contribution in [2.75, 3.05) is 26.2 Å². The van der Waals surface area contributed by atoms with E-state index in [0.29, 0.717) is 26.2 Å². The van der Waals surface area contributed by atoms with Crippen LogP contribution in [0, 0.1) is 6.92 Å². The minimum Gasteiger partial charge on any atom is -0.361 e. The number of sulfonamides is 1. The van der Waals surface area contributed by atoms with E-state index in [9.17, 15) is 8.42 Å². The number of benzene rings is 1. The Morgan fingerprint density at radius 3 is 2.62 bits per heavy atom. The van der Waals surface area contributed by atoms with E-state index in [2.05, 4.69) is 10.1 Å². The predicted molar refractivity (Wildman–Crippen MR) is 91.8 cm³/mol. The molecule has 0 N–H and O–H groups in total. The van der Waals surface area contributed by atoms with Crippen molar-refractivity contribution in [3.8, 4) is 0 Å². The predicted octanol–water partition coefficient (Wildman–Crippen LogP) is 2.02. The molecule has 1 saturated heterocycles. The fourth-order valence-corrected chi connectivity index (χ4v) is 4.54. The fourth-order valence-electron chi connectivity index (χ4n) is 2.98. The van der Waals surface area contributed by atoms with E-state index in [-0.39, 0.29) is 5.75 Å². The van der Waals surface area contributed by atoms with Crippen molar-refractivity contribution in [1.82, 2.24) is 14.4 Å². The van der Waals surface area contributed by atoms with Crippen LogP contribution >= 0.6 is 0 Å². The molecule has 2 heterocycles. The third-order valence-corrected chi connectivity index (χ3v) is 6.05. The molecule has 6 nitrogen and oxygen atoms in total. The molecule has 0 unspecified atom stereocenters. The number of aromatic nitrogens is 1. The van der Waals surface area contributed by atoms with Gasteiger partial charge in [-0.25, -0.2) is 12.7 Å². The van der Waals surface area contributed by atoms with E-state index in [1.54, 1.807) is 4.31 Å². The Morgan fingerprint density at radius 2 is 1.92 bits per heavy atom. The minimum absolute atomic E-state index is 0.0658. The highest BCUT2D eigenvalue weighted by Crippen LogP contribution is 2.15. The average molecular weight is 349 g/mol. The third-order valence-electron chi connectivity index (χ3n) is 4.20. The first-order chi connectivity index (χ1) is 11.5. The molecule has 0 aliphatic carbocycles. The first-order valence-electron chi connectivity index (χ1n) is 8.19. The summed E-state index contributed by atoms with van der Waals surface area (Å²) in [7, 11) is -3.28. The Labute approximate surface area is 143 Å². The Morgan fingerprint density at radius 1 is 1.12 bits per heavy atom. The molecule has 1 aromatic heterocycles. The van der Waals surface area contributed by atoms with Crippen LogP contribution in [0.2, 0.25) is 0 Å². The number of aryl methyl sites for hydroxylation is 1. The smallest absolute Gasteiger partial charge is 0.218 e. The lowest BCUT2D eigenvalue weighted by molar-refractivity contribution is 0.268. The molecule has 0 bridgehead atoms. The lowest BCUT2D eigenvalue weighted by Crippen LogP contribution is -2.35. The summed E-state index contributed by atoms with van der Waals surface area (Å²) in [6.07, 6.45) is 0.824. The molecular formula is C17H23N3O3S. The Bertz CT molecular complexity index is 758. The summed E-state index contributed by atoms with van der Waals surface area (Å²) in [5, 5.41) is 4.02. The van der Waals surface area contributed by atoms with Gasteiger partial charge in [0.05, 0.1) is 11.4 Å². The molecule has 0 atom stereocenters. The molecule has 2 aromatic rings. The van der Waals surface area contributed by atoms with Crippen LogP contribution in [0.25, 0.3) is 0 Å². The number of rotatable bonds is 5. The van der Waals surface area contributed by atoms with Crippen LogP contribution in [0.3, 0.4) is 0 Å². The van der Waals surface area contributed by atoms with Gasteiger partial charge in [0.15, 0.2) is 0 Å². The highest BCUT2D eigenvalue weighted by molar-refractivity contribution is 7.88. The summed E-state index contributed by atoms with van der Waals surface area (Å²) in [5.74, 6) is 0.864. The molecular weight excluding hydrogens is 326 g/mol. The van der Waals surface area contributed by atoms with Gasteiger partial charge in [0.2, 0.25) is 10.0 Å². The van der Waals surface area contributed by atoms with Crippen molar-refractivity contribution in [2.24, 2.45) is 0 Å². The second kappa shape index (κ2) is 7.46. The van der Waals surface area contributed by atoms with Crippen molar-refractivity contribution in [3.63, 3.8) is 0 Å². The monoisotopic (exact) mass is 349 g/mol. The third kappa shape index (κ3) is 4.43. The summed E-state index contributed by atoms with van der Waals surface area (Å²) in [6.45, 7) is 5.24. The van der Waals surface area contributed by atoms with E-state index in [4.69, 9.17) is 4.52 Å². The standard InChI is InChI=1S/C17H23N3O3S/c1-15-12-17(18-23-15)13-19-8-5-9-20(11-10-19)24(21,22)14-16-6-3-2-4-7-16/h2-4,6-7,12H,5,8-11,13-14H2,1H3. The van der Waals surface area contributed by atoms with Crippen LogP contribution in [0.5, 0.6) is 0 Å². The molecule has 0 saturated carbocycles. The van der Waals surface area contributed by atoms with Gasteiger partial charge < -0.3 is 4.52 Å². The van der Waals surface area contributed by atoms with Gasteiger partial charge in [-0.3, -0.25) is 4.90 Å². The van der Waals surface area contributed by atoms with Gasteiger partial charge in [-0.2, -0.15) is 0 Å². The normalized spacial score (nSPS) is 17.7. The largest absolute Gasteiger partial charge is 0.361 e. The second-order valence-corrected chi connectivity index (χ2v) is 8.17. The van der Waals surface area contributed by atoms with Gasteiger partial charge >= 0.3 is 0 Å². The minimum atomic E-state index is -3.28. The number of hydrogen-bond acceptors (Lipinski definition) is 5. The van der Waals surface area contributed by atoms with Gasteiger partial charge in [0.25, 0.3) is 0 Å². The van der Waals surface area contributed by atoms with E-state index in [0.717, 1.165) is 30.0 Å². The highest BCUT2D eigenvalue weighted by atomic mass is 32.2. The first-order valence-corrected chi connectivity index (χ1v) is 9.80. The zero-order valence-electron chi connectivity index (χ0n) is 13.9. The summed E-state index contributed by atoms with van der Waals surface area (Å²) >= 11 is 0. The van der Waals surface area contributed by atoms with Gasteiger partial charge in [0, 0.05) is 32.2 Å². The van der Waals surface area contributed by atoms with Crippen LogP contribution in [0.4, 0.5) is 0 Å². The fraction of sp³-hybridized carbons (Fsp3) is 0.471. The zero-order valence-corrected chi connectivity index (χ0v) is 14.7. The van der Waals surface area contributed by atoms with Crippen LogP contribution in [-0.4, -0.2) is 49.0 Å². The van der Waals surface area contributed by atoms with Gasteiger partial charge in [-0.15, -0.1) is 0 Å². The van der Waals surface area contributed by atoms with E-state index in [1.165, 1.54) is 0 Å². The van der Waals surface area contributed by atoms with Crippen molar-refractivity contribution < 1.29 is 12.9 Å². The maximum Gasteiger partial charge on any atom is 0.218 e. The molecule has 1 aromatic carbocycles. The quantitative estimate of drug-likeness (QED) is 0.826. The van der Waals surface area contributed by atoms with Crippen LogP contribution in [-0.2, 0) is 22.3 Å². The molecule has 0 radical (unpaired) electrons. The van der Waals surface area contributed by atoms with Gasteiger partial charge in [-0.1, -0.05) is 35.5 Å². The molecule has 1 fully saturated rings. The number of hydrogen-bond donors (Lipinski definition) is 0. The molecule has 130 valence electrons. The van der Waals surface area contributed by atoms with Crippen LogP contribution < -0.4 is 0 Å². The molecule has 24 heavy (non-hydrogen) atoms. The van der Waals surface area contributed by atoms with Gasteiger partial charge in [0.1, 0.15) is 5.76 Å². The first kappa shape index (κ1) is 17.1. The maximum atomic E-state index is 12.7. The van der Waals surface area contributed by atoms with Crippen molar-refractivity contribution in [2.45, 2.75) is 25.6 Å². The summed E-state index contributed by atoms with van der Waals surface area (Å²) < 4.78 is 32.0. The average Bonchev–Trinajstić information content (AvgIpc) is 2.81. The number of nitrogens with zero attached hydrogens (tertiary/aromatic N) is 3. The molecule has 3 rings (SSSR count). The van der Waals surface area contributed by atoms with E-state index in [1.807, 2.05) is 43.3 Å². The Kier molecular flexibility index (Phi) is 5.33. The Balaban J connectivity index is 1.60. The molecule has 1 aliphatic rings. The SMILES string of the molecule is Cc1cc(CN2CCCN(S(=O)(=O)Cc3ccccc3)CC2)no1. The molecule has 0 spiro atoms. The van der Waals surface area contributed by atoms with Crippen LogP contribution in [0.15, 0.2) is 40.9 Å². The Hall–Kier alpha value is -1.70. The zero-order chi connectivity index (χ0) is 17.0. The topological polar surface area (TPSA) is 66.7 Å². The van der Waals surface area contributed by atoms with Gasteiger partial charge in [-0.05, 0) is 25.5 Å². The summed E-state index contributed by atoms with van der Waals surface area (Å²) in [6, 6.07) is 11.3. The lowest BCUT2D eigenvalue weighted by Gasteiger charge is -2.21. The second-order valence-electron chi connectivity index (χ2n) is 6.20. The van der Waals surface area contributed by atoms with Crippen molar-refractivity contribution in [3.05, 3.63) is 53.4 Å². The molecule has 7 heteroatoms. The van der Waals surface area contributed by atoms with Crippen molar-refractivity contribution >= 4 is 10.0 Å². The maximum absolute atomic E-state index is 12.7. The lowest BCUT2D eigenvalue weighted by atomic mass is 10.2. The van der Waals surface area contributed by atoms with E-state index < -0.39 is 10.0 Å². The molecule has 1 aliphatic heterocycles. The molecule has 0 amide bonds. The summed E-state index contributed by atoms with van der Waals surface area (Å²) in [5.41, 5.74) is 1.73. The summed E-state index contributed by atoms with van der Waals surface area (Å²) in [4.78, 5) is 2.23. The van der Waals surface area contributed by atoms with E-state index >= 15 is 0 Å².